The van der Waals surface area contributed by atoms with Gasteiger partial charge in [-0.2, -0.15) is 0 Å². The van der Waals surface area contributed by atoms with E-state index in [1.807, 2.05) is 6.07 Å². The van der Waals surface area contributed by atoms with E-state index in [0.29, 0.717) is 6.54 Å². The molecule has 1 rings (SSSR count). The van der Waals surface area contributed by atoms with Crippen LogP contribution in [0.5, 0.6) is 0 Å². The van der Waals surface area contributed by atoms with E-state index in [2.05, 4.69) is 79.2 Å². The van der Waals surface area contributed by atoms with Crippen molar-refractivity contribution in [3.63, 3.8) is 0 Å². The fourth-order valence-electron chi connectivity index (χ4n) is 1.62. The van der Waals surface area contributed by atoms with Gasteiger partial charge in [0.2, 0.25) is 0 Å². The van der Waals surface area contributed by atoms with Crippen molar-refractivity contribution in [2.24, 2.45) is 0 Å². The molecule has 4 nitrogen and oxygen atoms in total. The summed E-state index contributed by atoms with van der Waals surface area (Å²) in [6, 6.07) is 3.97. The molecule has 0 aliphatic heterocycles. The van der Waals surface area contributed by atoms with Gasteiger partial charge in [0.05, 0.1) is 5.56 Å². The minimum absolute atomic E-state index is 0.0304. The Labute approximate surface area is 160 Å². The summed E-state index contributed by atoms with van der Waals surface area (Å²) in [5, 5.41) is 2.94. The molecule has 112 valence electrons. The monoisotopic (exact) mass is 615 g/mol. The molecule has 0 atom stereocenters. The van der Waals surface area contributed by atoms with Crippen LogP contribution in [0.2, 0.25) is 0 Å². The Morgan fingerprint density at radius 3 is 2.50 bits per heavy atom. The zero-order chi connectivity index (χ0) is 15.1. The van der Waals surface area contributed by atoms with Crippen LogP contribution in [0.4, 0.5) is 0 Å². The van der Waals surface area contributed by atoms with Crippen molar-refractivity contribution in [2.45, 2.75) is 19.1 Å². The molecule has 1 N–H and O–H groups in total. The van der Waals surface area contributed by atoms with Gasteiger partial charge < -0.3 is 14.8 Å². The fraction of sp³-hybridized carbons (Fsp3) is 0.462. The number of carbonyl (C=O) groups is 1. The number of rotatable bonds is 7. The van der Waals surface area contributed by atoms with E-state index in [4.69, 9.17) is 9.47 Å². The van der Waals surface area contributed by atoms with Gasteiger partial charge in [0.1, 0.15) is 0 Å². The second kappa shape index (κ2) is 9.74. The highest BCUT2D eigenvalue weighted by Crippen LogP contribution is 2.22. The number of benzene rings is 1. The average molecular weight is 615 g/mol. The number of hydrogen-bond donors (Lipinski definition) is 1. The number of halogens is 3. The molecule has 1 amide bonds. The predicted octanol–water partition coefficient (Wildman–Crippen LogP) is 3.63. The second-order valence-electron chi connectivity index (χ2n) is 4.05. The Kier molecular flexibility index (Phi) is 9.18. The minimum Gasteiger partial charge on any atom is -0.356 e. The standard InChI is InChI=1S/C13H16I3NO3/c1-19-11(20-2)4-3-5-17-13(18)9-6-8(14)7-10(15)12(9)16/h6-7,11H,3-5H2,1-2H3,(H,17,18). The summed E-state index contributed by atoms with van der Waals surface area (Å²) >= 11 is 6.68. The van der Waals surface area contributed by atoms with Gasteiger partial charge in [-0.15, -0.1) is 0 Å². The van der Waals surface area contributed by atoms with Crippen LogP contribution in [0.1, 0.15) is 23.2 Å². The third-order valence-corrected chi connectivity index (χ3v) is 6.33. The number of methoxy groups -OCH3 is 2. The molecule has 0 aromatic heterocycles. The van der Waals surface area contributed by atoms with Crippen molar-refractivity contribution in [3.8, 4) is 0 Å². The number of carbonyl (C=O) groups excluding carboxylic acids is 1. The van der Waals surface area contributed by atoms with Crippen molar-refractivity contribution in [1.82, 2.24) is 5.32 Å². The first-order chi connectivity index (χ1) is 9.49. The second-order valence-corrected chi connectivity index (χ2v) is 7.53. The predicted molar refractivity (Wildman–Crippen MR) is 104 cm³/mol. The maximum atomic E-state index is 12.2. The van der Waals surface area contributed by atoms with Gasteiger partial charge in [0.15, 0.2) is 6.29 Å². The van der Waals surface area contributed by atoms with Crippen LogP contribution in [-0.4, -0.2) is 33.0 Å². The summed E-state index contributed by atoms with van der Waals surface area (Å²) in [6.45, 7) is 0.611. The zero-order valence-corrected chi connectivity index (χ0v) is 17.7. The molecule has 0 spiro atoms. The lowest BCUT2D eigenvalue weighted by Crippen LogP contribution is -2.26. The molecule has 1 aromatic rings. The topological polar surface area (TPSA) is 47.6 Å². The van der Waals surface area contributed by atoms with E-state index < -0.39 is 0 Å². The molecule has 20 heavy (non-hydrogen) atoms. The molecule has 0 saturated heterocycles. The first-order valence-electron chi connectivity index (χ1n) is 5.98. The maximum absolute atomic E-state index is 12.2. The van der Waals surface area contributed by atoms with Crippen LogP contribution in [0.25, 0.3) is 0 Å². The van der Waals surface area contributed by atoms with Gasteiger partial charge in [-0.25, -0.2) is 0 Å². The lowest BCUT2D eigenvalue weighted by molar-refractivity contribution is -0.106. The highest BCUT2D eigenvalue weighted by molar-refractivity contribution is 14.1. The van der Waals surface area contributed by atoms with Crippen LogP contribution in [0, 0.1) is 10.7 Å². The van der Waals surface area contributed by atoms with Crippen LogP contribution >= 0.6 is 67.8 Å². The summed E-state index contributed by atoms with van der Waals surface area (Å²) in [7, 11) is 3.23. The summed E-state index contributed by atoms with van der Waals surface area (Å²) < 4.78 is 13.4. The van der Waals surface area contributed by atoms with E-state index >= 15 is 0 Å². The molecule has 0 fully saturated rings. The molecule has 0 aliphatic rings. The molecule has 1 aromatic carbocycles. The number of amides is 1. The van der Waals surface area contributed by atoms with Gasteiger partial charge in [-0.3, -0.25) is 4.79 Å². The summed E-state index contributed by atoms with van der Waals surface area (Å²) in [5.74, 6) is -0.0304. The lowest BCUT2D eigenvalue weighted by atomic mass is 10.2. The highest BCUT2D eigenvalue weighted by atomic mass is 127. The van der Waals surface area contributed by atoms with Crippen LogP contribution in [0.15, 0.2) is 12.1 Å². The Bertz CT molecular complexity index is 464. The van der Waals surface area contributed by atoms with Gasteiger partial charge in [0.25, 0.3) is 5.91 Å². The molecular formula is C13H16I3NO3. The molecule has 0 bridgehead atoms. The van der Waals surface area contributed by atoms with Crippen molar-refractivity contribution >= 4 is 73.7 Å². The SMILES string of the molecule is COC(CCCNC(=O)c1cc(I)cc(I)c1I)OC. The van der Waals surface area contributed by atoms with Gasteiger partial charge in [-0.05, 0) is 86.3 Å². The molecule has 0 heterocycles. The number of ether oxygens (including phenoxy) is 2. The van der Waals surface area contributed by atoms with E-state index in [0.717, 1.165) is 29.1 Å². The van der Waals surface area contributed by atoms with Crippen LogP contribution in [-0.2, 0) is 9.47 Å². The molecule has 7 heteroatoms. The Balaban J connectivity index is 2.52. The average Bonchev–Trinajstić information content (AvgIpc) is 2.42. The Hall–Kier alpha value is 0.800. The van der Waals surface area contributed by atoms with Gasteiger partial charge >= 0.3 is 0 Å². The zero-order valence-electron chi connectivity index (χ0n) is 11.2. The first-order valence-corrected chi connectivity index (χ1v) is 9.21. The minimum atomic E-state index is -0.203. The van der Waals surface area contributed by atoms with E-state index in [1.54, 1.807) is 14.2 Å². The highest BCUT2D eigenvalue weighted by Gasteiger charge is 2.13. The first kappa shape index (κ1) is 18.8. The number of nitrogens with one attached hydrogen (secondary N) is 1. The van der Waals surface area contributed by atoms with Crippen molar-refractivity contribution in [2.75, 3.05) is 20.8 Å². The van der Waals surface area contributed by atoms with E-state index in [-0.39, 0.29) is 12.2 Å². The largest absolute Gasteiger partial charge is 0.356 e. The van der Waals surface area contributed by atoms with Crippen molar-refractivity contribution in [3.05, 3.63) is 28.4 Å². The lowest BCUT2D eigenvalue weighted by Gasteiger charge is -2.13. The van der Waals surface area contributed by atoms with Crippen LogP contribution < -0.4 is 5.32 Å². The van der Waals surface area contributed by atoms with E-state index in [1.165, 1.54) is 0 Å². The molecule has 0 radical (unpaired) electrons. The fourth-order valence-corrected chi connectivity index (χ4v) is 4.02. The number of hydrogen-bond acceptors (Lipinski definition) is 3. The summed E-state index contributed by atoms with van der Waals surface area (Å²) in [4.78, 5) is 12.2. The van der Waals surface area contributed by atoms with Crippen molar-refractivity contribution in [1.29, 1.82) is 0 Å². The van der Waals surface area contributed by atoms with Crippen LogP contribution in [0.3, 0.4) is 0 Å². The normalized spacial score (nSPS) is 10.9. The third kappa shape index (κ3) is 5.89. The molecule has 0 saturated carbocycles. The summed E-state index contributed by atoms with van der Waals surface area (Å²) in [5.41, 5.74) is 0.733. The van der Waals surface area contributed by atoms with Gasteiger partial charge in [0, 0.05) is 37.9 Å². The Morgan fingerprint density at radius 2 is 1.90 bits per heavy atom. The summed E-state index contributed by atoms with van der Waals surface area (Å²) in [6.07, 6.45) is 1.37. The molecular weight excluding hydrogens is 599 g/mol. The quantitative estimate of drug-likeness (QED) is 0.221. The van der Waals surface area contributed by atoms with E-state index in [9.17, 15) is 4.79 Å². The smallest absolute Gasteiger partial charge is 0.252 e. The van der Waals surface area contributed by atoms with Crippen molar-refractivity contribution < 1.29 is 14.3 Å². The molecule has 0 aliphatic carbocycles. The van der Waals surface area contributed by atoms with Gasteiger partial charge in [-0.1, -0.05) is 0 Å². The molecule has 0 unspecified atom stereocenters. The maximum Gasteiger partial charge on any atom is 0.252 e. The third-order valence-electron chi connectivity index (χ3n) is 2.67. The Morgan fingerprint density at radius 1 is 1.25 bits per heavy atom.